The molecule has 0 aromatic rings. The number of nitrogens with two attached hydrogens (primary N) is 2. The number of rotatable bonds is 7. The van der Waals surface area contributed by atoms with Gasteiger partial charge < -0.3 is 42.6 Å². The first kappa shape index (κ1) is 30.5. The number of hydrogen-bond acceptors (Lipinski definition) is 10. The van der Waals surface area contributed by atoms with Gasteiger partial charge in [-0.25, -0.2) is 4.79 Å². The number of carboxylic acids is 1. The molecule has 2 aliphatic rings. The van der Waals surface area contributed by atoms with Crippen LogP contribution in [0.2, 0.25) is 0 Å². The predicted molar refractivity (Wildman–Crippen MR) is 137 cm³/mol. The van der Waals surface area contributed by atoms with Crippen LogP contribution in [-0.2, 0) is 28.7 Å². The molecule has 0 saturated carbocycles. The smallest absolute Gasteiger partial charge is 0.327 e. The highest BCUT2D eigenvalue weighted by atomic mass is 33.1. The summed E-state index contributed by atoms with van der Waals surface area (Å²) < 4.78 is 5.33. The number of guanidine groups is 1. The van der Waals surface area contributed by atoms with Crippen LogP contribution in [0, 0.1) is 5.41 Å². The van der Waals surface area contributed by atoms with E-state index in [1.807, 2.05) is 0 Å². The van der Waals surface area contributed by atoms with Crippen LogP contribution in [0.1, 0.15) is 25.7 Å². The molecule has 2 heterocycles. The minimum Gasteiger partial charge on any atom is -0.480 e. The van der Waals surface area contributed by atoms with Crippen molar-refractivity contribution in [2.45, 2.75) is 49.3 Å². The van der Waals surface area contributed by atoms with Gasteiger partial charge in [-0.1, -0.05) is 21.6 Å². The van der Waals surface area contributed by atoms with Gasteiger partial charge in [0.25, 0.3) is 0 Å². The Labute approximate surface area is 221 Å². The Kier molecular flexibility index (Phi) is 12.2. The molecule has 37 heavy (non-hydrogen) atoms. The molecule has 3 atom stereocenters. The molecule has 4 amide bonds. The molecule has 0 aliphatic carbocycles. The van der Waals surface area contributed by atoms with Crippen molar-refractivity contribution in [1.82, 2.24) is 26.6 Å². The lowest BCUT2D eigenvalue weighted by molar-refractivity contribution is -0.142. The number of amides is 4. The Morgan fingerprint density at radius 2 is 1.86 bits per heavy atom. The molecule has 2 fully saturated rings. The van der Waals surface area contributed by atoms with Gasteiger partial charge in [0.2, 0.25) is 23.6 Å². The number of carbonyl (C=O) groups excluding carboxylic acids is 4. The summed E-state index contributed by atoms with van der Waals surface area (Å²) in [5.41, 5.74) is 9.72. The Balaban J connectivity index is 2.23. The van der Waals surface area contributed by atoms with Crippen molar-refractivity contribution in [3.05, 3.63) is 0 Å². The lowest BCUT2D eigenvalue weighted by Gasteiger charge is -2.44. The van der Waals surface area contributed by atoms with E-state index in [0.29, 0.717) is 18.7 Å². The normalized spacial score (nSPS) is 25.5. The van der Waals surface area contributed by atoms with Crippen molar-refractivity contribution in [2.24, 2.45) is 11.5 Å². The topological polar surface area (TPSA) is 251 Å². The summed E-state index contributed by atoms with van der Waals surface area (Å²) in [4.78, 5) is 61.5. The molecule has 0 bridgehead atoms. The molecule has 0 aromatic carbocycles. The second-order valence-corrected chi connectivity index (χ2v) is 11.3. The van der Waals surface area contributed by atoms with Gasteiger partial charge in [-0.2, -0.15) is 0 Å². The Hall–Kier alpha value is -2.76. The molecule has 11 N–H and O–H groups in total. The summed E-state index contributed by atoms with van der Waals surface area (Å²) in [6.45, 7) is 0.653. The average Bonchev–Trinajstić information content (AvgIpc) is 2.79. The minimum atomic E-state index is -1.20. The van der Waals surface area contributed by atoms with E-state index in [1.165, 1.54) is 21.6 Å². The molecule has 0 radical (unpaired) electrons. The molecule has 17 heteroatoms. The zero-order valence-corrected chi connectivity index (χ0v) is 21.8. The third-order valence-electron chi connectivity index (χ3n) is 5.54. The molecule has 1 spiro atoms. The summed E-state index contributed by atoms with van der Waals surface area (Å²) in [6, 6.07) is -3.17. The highest BCUT2D eigenvalue weighted by Crippen LogP contribution is 2.23. The number of carboxylic acid groups (broad SMARTS) is 1. The molecule has 0 unspecified atom stereocenters. The fourth-order valence-corrected chi connectivity index (χ4v) is 5.71. The summed E-state index contributed by atoms with van der Waals surface area (Å²) in [5, 5.41) is 30.5. The Morgan fingerprint density at radius 1 is 1.14 bits per heavy atom. The number of carbonyl (C=O) groups is 5. The van der Waals surface area contributed by atoms with Crippen molar-refractivity contribution >= 4 is 57.1 Å². The third kappa shape index (κ3) is 10.6. The first-order chi connectivity index (χ1) is 17.5. The summed E-state index contributed by atoms with van der Waals surface area (Å²) in [5.74, 6) is -3.39. The number of nitrogens with one attached hydrogen (secondary N) is 6. The number of primary amides is 1. The molecule has 2 aliphatic heterocycles. The van der Waals surface area contributed by atoms with Crippen molar-refractivity contribution in [3.8, 4) is 0 Å². The van der Waals surface area contributed by atoms with Crippen LogP contribution in [0.4, 0.5) is 0 Å². The first-order valence-corrected chi connectivity index (χ1v) is 14.1. The van der Waals surface area contributed by atoms with Gasteiger partial charge in [-0.05, 0) is 12.8 Å². The lowest BCUT2D eigenvalue weighted by Crippen LogP contribution is -2.70. The number of aliphatic carboxylic acids is 1. The van der Waals surface area contributed by atoms with Crippen LogP contribution < -0.4 is 38.1 Å². The highest BCUT2D eigenvalue weighted by molar-refractivity contribution is 8.76. The standard InChI is InChI=1S/C20H34N8O7S2/c21-14(29)6-12-16(31)25-8-20(9-35-10-20)28-11(2-1-4-24-19(22)23)17(32)27-13(18(33)34)7-37-36-5-3-15(30)26-12/h11-13,28H,1-10H2,(H2,21,29)(H,25,31)(H,26,30)(H,27,32)(H,33,34)(H4,22,23,24)/t11-,12-,13-/m0/s1. The van der Waals surface area contributed by atoms with Crippen LogP contribution in [0.15, 0.2) is 0 Å². The van der Waals surface area contributed by atoms with E-state index in [-0.39, 0.29) is 50.7 Å². The highest BCUT2D eigenvalue weighted by Gasteiger charge is 2.42. The van der Waals surface area contributed by atoms with Gasteiger partial charge in [0.1, 0.15) is 12.1 Å². The molecule has 2 saturated heterocycles. The minimum absolute atomic E-state index is 0.0144. The van der Waals surface area contributed by atoms with E-state index in [9.17, 15) is 29.1 Å². The number of ether oxygens (including phenoxy) is 1. The maximum absolute atomic E-state index is 13.1. The van der Waals surface area contributed by atoms with E-state index in [1.54, 1.807) is 0 Å². The third-order valence-corrected chi connectivity index (χ3v) is 7.96. The van der Waals surface area contributed by atoms with Crippen molar-refractivity contribution in [2.75, 3.05) is 37.8 Å². The first-order valence-electron chi connectivity index (χ1n) is 11.6. The van der Waals surface area contributed by atoms with Gasteiger partial charge in [0, 0.05) is 31.0 Å². The van der Waals surface area contributed by atoms with E-state index in [0.717, 1.165) is 0 Å². The van der Waals surface area contributed by atoms with Gasteiger partial charge >= 0.3 is 5.97 Å². The lowest BCUT2D eigenvalue weighted by atomic mass is 9.94. The second kappa shape index (κ2) is 14.8. The maximum atomic E-state index is 13.1. The summed E-state index contributed by atoms with van der Waals surface area (Å²) in [7, 11) is 2.43. The quantitative estimate of drug-likeness (QED) is 0.0644. The van der Waals surface area contributed by atoms with E-state index >= 15 is 0 Å². The second-order valence-electron chi connectivity index (χ2n) is 8.72. The molecule has 208 valence electrons. The fraction of sp³-hybridized carbons (Fsp3) is 0.700. The maximum Gasteiger partial charge on any atom is 0.327 e. The summed E-state index contributed by atoms with van der Waals surface area (Å²) >= 11 is 0. The van der Waals surface area contributed by atoms with E-state index in [2.05, 4.69) is 26.6 Å². The predicted octanol–water partition coefficient (Wildman–Crippen LogP) is -3.19. The van der Waals surface area contributed by atoms with E-state index in [4.69, 9.17) is 21.6 Å². The molecule has 0 aromatic heterocycles. The van der Waals surface area contributed by atoms with Crippen LogP contribution in [0.5, 0.6) is 0 Å². The van der Waals surface area contributed by atoms with Crippen LogP contribution in [0.25, 0.3) is 0 Å². The zero-order valence-electron chi connectivity index (χ0n) is 20.2. The van der Waals surface area contributed by atoms with Crippen LogP contribution in [-0.4, -0.2) is 102 Å². The average molecular weight is 563 g/mol. The van der Waals surface area contributed by atoms with Crippen molar-refractivity contribution < 1.29 is 33.8 Å². The fourth-order valence-electron chi connectivity index (χ4n) is 3.57. The van der Waals surface area contributed by atoms with Gasteiger partial charge in [0.15, 0.2) is 5.96 Å². The SMILES string of the molecule is N=C(N)NCCC[C@@H]1NC2(CNC(=O)[C@H](CC(N)=O)NC(=O)CCSSC[C@@H](C(=O)O)NC1=O)COC2. The Morgan fingerprint density at radius 3 is 2.46 bits per heavy atom. The largest absolute Gasteiger partial charge is 0.480 e. The molecular weight excluding hydrogens is 528 g/mol. The number of hydrogen-bond donors (Lipinski definition) is 9. The molecular formula is C20H34N8O7S2. The van der Waals surface area contributed by atoms with Gasteiger partial charge in [0.05, 0.1) is 31.2 Å². The zero-order chi connectivity index (χ0) is 27.4. The van der Waals surface area contributed by atoms with Crippen molar-refractivity contribution in [1.29, 1.82) is 5.41 Å². The van der Waals surface area contributed by atoms with Crippen LogP contribution >= 0.6 is 21.6 Å². The van der Waals surface area contributed by atoms with Crippen LogP contribution in [0.3, 0.4) is 0 Å². The monoisotopic (exact) mass is 562 g/mol. The van der Waals surface area contributed by atoms with Gasteiger partial charge in [-0.15, -0.1) is 0 Å². The Bertz CT molecular complexity index is 874. The van der Waals surface area contributed by atoms with Crippen molar-refractivity contribution in [3.63, 3.8) is 0 Å². The molecule has 2 rings (SSSR count). The molecule has 15 nitrogen and oxygen atoms in total. The van der Waals surface area contributed by atoms with Gasteiger partial charge in [-0.3, -0.25) is 29.9 Å². The van der Waals surface area contributed by atoms with E-state index < -0.39 is 53.3 Å². The summed E-state index contributed by atoms with van der Waals surface area (Å²) in [6.07, 6.45) is 0.351.